The second-order valence-electron chi connectivity index (χ2n) is 9.57. The van der Waals surface area contributed by atoms with E-state index in [2.05, 4.69) is 43.4 Å². The standard InChI is InChI=1S/C26H33Cl2NO3/c1-26(2,15-17-13-19-8-3-4-9-20(19)14-17)29-16-22(30)21-12-11-18(24(27)25(21)28)7-5-6-10-23(31)32/h3-4,8-9,11-12,17,22,29-30H,5-7,10,13-16H2,1-2H3,(H,31,32)/t22-/m1/s1. The fourth-order valence-electron chi connectivity index (χ4n) is 4.72. The third-order valence-corrected chi connectivity index (χ3v) is 7.28. The molecule has 0 aliphatic heterocycles. The summed E-state index contributed by atoms with van der Waals surface area (Å²) in [5.41, 5.74) is 4.29. The van der Waals surface area contributed by atoms with Crippen molar-refractivity contribution in [3.05, 3.63) is 68.7 Å². The molecule has 0 spiro atoms. The highest BCUT2D eigenvalue weighted by Crippen LogP contribution is 2.35. The molecule has 0 radical (unpaired) electrons. The highest BCUT2D eigenvalue weighted by molar-refractivity contribution is 6.43. The zero-order valence-electron chi connectivity index (χ0n) is 18.8. The minimum atomic E-state index is -0.791. The Morgan fingerprint density at radius 2 is 1.75 bits per heavy atom. The van der Waals surface area contributed by atoms with Crippen LogP contribution in [0.15, 0.2) is 36.4 Å². The second kappa shape index (κ2) is 11.0. The molecule has 0 fully saturated rings. The lowest BCUT2D eigenvalue weighted by Crippen LogP contribution is -2.43. The number of hydrogen-bond acceptors (Lipinski definition) is 3. The highest BCUT2D eigenvalue weighted by Gasteiger charge is 2.29. The summed E-state index contributed by atoms with van der Waals surface area (Å²) in [6.45, 7) is 4.75. The first-order chi connectivity index (χ1) is 15.2. The third kappa shape index (κ3) is 6.71. The Hall–Kier alpha value is -1.59. The maximum Gasteiger partial charge on any atom is 0.303 e. The van der Waals surface area contributed by atoms with Crippen LogP contribution in [0, 0.1) is 5.92 Å². The number of rotatable bonds is 11. The zero-order chi connectivity index (χ0) is 23.3. The Labute approximate surface area is 200 Å². The number of aliphatic hydroxyl groups excluding tert-OH is 1. The van der Waals surface area contributed by atoms with Crippen molar-refractivity contribution in [2.75, 3.05) is 6.54 Å². The topological polar surface area (TPSA) is 69.6 Å². The summed E-state index contributed by atoms with van der Waals surface area (Å²) in [7, 11) is 0. The molecule has 174 valence electrons. The Bertz CT molecular complexity index is 920. The van der Waals surface area contributed by atoms with Crippen molar-refractivity contribution in [2.24, 2.45) is 5.92 Å². The lowest BCUT2D eigenvalue weighted by molar-refractivity contribution is -0.137. The van der Waals surface area contributed by atoms with Gasteiger partial charge >= 0.3 is 5.97 Å². The molecule has 0 amide bonds. The molecule has 1 aliphatic rings. The van der Waals surface area contributed by atoms with Gasteiger partial charge in [0.15, 0.2) is 0 Å². The van der Waals surface area contributed by atoms with Crippen LogP contribution in [-0.4, -0.2) is 28.3 Å². The van der Waals surface area contributed by atoms with Crippen molar-refractivity contribution in [3.63, 3.8) is 0 Å². The maximum atomic E-state index is 10.8. The fraction of sp³-hybridized carbons (Fsp3) is 0.500. The number of benzene rings is 2. The van der Waals surface area contributed by atoms with Crippen LogP contribution in [0.2, 0.25) is 10.0 Å². The van der Waals surface area contributed by atoms with Crippen LogP contribution in [0.25, 0.3) is 0 Å². The molecule has 0 bridgehead atoms. The Balaban J connectivity index is 1.53. The monoisotopic (exact) mass is 477 g/mol. The van der Waals surface area contributed by atoms with Crippen molar-refractivity contribution in [3.8, 4) is 0 Å². The second-order valence-corrected chi connectivity index (χ2v) is 10.3. The molecule has 1 aliphatic carbocycles. The molecule has 0 aromatic heterocycles. The lowest BCUT2D eigenvalue weighted by Gasteiger charge is -2.31. The summed E-state index contributed by atoms with van der Waals surface area (Å²) in [6.07, 6.45) is 4.62. The van der Waals surface area contributed by atoms with Gasteiger partial charge in [-0.15, -0.1) is 0 Å². The number of aryl methyl sites for hydroxylation is 1. The number of fused-ring (bicyclic) bond motifs is 1. The number of halogens is 2. The normalized spacial score (nSPS) is 15.0. The number of unbranched alkanes of at least 4 members (excludes halogenated alkanes) is 1. The largest absolute Gasteiger partial charge is 0.481 e. The summed E-state index contributed by atoms with van der Waals surface area (Å²) in [5.74, 6) is -0.189. The Morgan fingerprint density at radius 1 is 1.09 bits per heavy atom. The summed E-state index contributed by atoms with van der Waals surface area (Å²) < 4.78 is 0. The van der Waals surface area contributed by atoms with Crippen molar-refractivity contribution < 1.29 is 15.0 Å². The van der Waals surface area contributed by atoms with E-state index in [-0.39, 0.29) is 12.0 Å². The summed E-state index contributed by atoms with van der Waals surface area (Å²) in [6, 6.07) is 12.4. The van der Waals surface area contributed by atoms with Gasteiger partial charge in [0, 0.05) is 24.1 Å². The Kier molecular flexibility index (Phi) is 8.62. The number of nitrogens with one attached hydrogen (secondary N) is 1. The predicted molar refractivity (Wildman–Crippen MR) is 131 cm³/mol. The first kappa shape index (κ1) is 25.0. The minimum absolute atomic E-state index is 0.117. The molecule has 0 heterocycles. The third-order valence-electron chi connectivity index (χ3n) is 6.35. The molecule has 0 saturated heterocycles. The molecule has 6 heteroatoms. The number of carbonyl (C=O) groups is 1. The van der Waals surface area contributed by atoms with Gasteiger partial charge < -0.3 is 15.5 Å². The van der Waals surface area contributed by atoms with Crippen LogP contribution in [0.3, 0.4) is 0 Å². The van der Waals surface area contributed by atoms with E-state index in [4.69, 9.17) is 28.3 Å². The van der Waals surface area contributed by atoms with E-state index < -0.39 is 12.1 Å². The quantitative estimate of drug-likeness (QED) is 0.347. The van der Waals surface area contributed by atoms with Gasteiger partial charge in [0.1, 0.15) is 0 Å². The first-order valence-corrected chi connectivity index (χ1v) is 12.1. The number of carboxylic acids is 1. The van der Waals surface area contributed by atoms with Crippen molar-refractivity contribution in [2.45, 2.75) is 70.4 Å². The van der Waals surface area contributed by atoms with Crippen LogP contribution in [-0.2, 0) is 24.1 Å². The van der Waals surface area contributed by atoms with Crippen LogP contribution in [0.1, 0.15) is 67.9 Å². The zero-order valence-corrected chi connectivity index (χ0v) is 20.3. The van der Waals surface area contributed by atoms with Crippen molar-refractivity contribution in [1.29, 1.82) is 0 Å². The number of hydrogen-bond donors (Lipinski definition) is 3. The Morgan fingerprint density at radius 3 is 2.38 bits per heavy atom. The van der Waals surface area contributed by atoms with Crippen LogP contribution < -0.4 is 5.32 Å². The average Bonchev–Trinajstić information content (AvgIpc) is 3.13. The molecule has 1 atom stereocenters. The molecule has 3 N–H and O–H groups in total. The van der Waals surface area contributed by atoms with E-state index in [1.165, 1.54) is 11.1 Å². The number of aliphatic hydroxyl groups is 1. The molecular weight excluding hydrogens is 445 g/mol. The van der Waals surface area contributed by atoms with Crippen LogP contribution >= 0.6 is 23.2 Å². The summed E-state index contributed by atoms with van der Waals surface area (Å²) in [4.78, 5) is 10.7. The van der Waals surface area contributed by atoms with E-state index in [1.807, 2.05) is 12.1 Å². The molecule has 0 unspecified atom stereocenters. The van der Waals surface area contributed by atoms with E-state index in [0.29, 0.717) is 40.9 Å². The molecular formula is C26H33Cl2NO3. The highest BCUT2D eigenvalue weighted by atomic mass is 35.5. The summed E-state index contributed by atoms with van der Waals surface area (Å²) >= 11 is 12.9. The SMILES string of the molecule is CC(C)(CC1Cc2ccccc2C1)NC[C@@H](O)c1ccc(CCCCC(=O)O)c(Cl)c1Cl. The van der Waals surface area contributed by atoms with Gasteiger partial charge in [-0.25, -0.2) is 0 Å². The van der Waals surface area contributed by atoms with Gasteiger partial charge in [0.25, 0.3) is 0 Å². The minimum Gasteiger partial charge on any atom is -0.481 e. The van der Waals surface area contributed by atoms with Gasteiger partial charge in [0.05, 0.1) is 16.1 Å². The average molecular weight is 478 g/mol. The molecule has 2 aromatic carbocycles. The number of β-amino-alcohol motifs (C(OH)–C–C–N with tert-alkyl or cyclic N) is 1. The van der Waals surface area contributed by atoms with Gasteiger partial charge in [-0.3, -0.25) is 4.79 Å². The van der Waals surface area contributed by atoms with E-state index >= 15 is 0 Å². The van der Waals surface area contributed by atoms with E-state index in [0.717, 1.165) is 31.2 Å². The molecule has 4 nitrogen and oxygen atoms in total. The van der Waals surface area contributed by atoms with Gasteiger partial charge in [-0.1, -0.05) is 59.6 Å². The van der Waals surface area contributed by atoms with Crippen LogP contribution in [0.5, 0.6) is 0 Å². The lowest BCUT2D eigenvalue weighted by atomic mass is 9.88. The summed E-state index contributed by atoms with van der Waals surface area (Å²) in [5, 5.41) is 23.9. The van der Waals surface area contributed by atoms with Gasteiger partial charge in [-0.05, 0) is 75.0 Å². The molecule has 32 heavy (non-hydrogen) atoms. The van der Waals surface area contributed by atoms with Crippen molar-refractivity contribution in [1.82, 2.24) is 5.32 Å². The molecule has 2 aromatic rings. The fourth-order valence-corrected chi connectivity index (χ4v) is 5.29. The van der Waals surface area contributed by atoms with Crippen LogP contribution in [0.4, 0.5) is 0 Å². The smallest absolute Gasteiger partial charge is 0.303 e. The maximum absolute atomic E-state index is 10.8. The predicted octanol–water partition coefficient (Wildman–Crippen LogP) is 6.00. The molecule has 3 rings (SSSR count). The number of aliphatic carboxylic acids is 1. The van der Waals surface area contributed by atoms with Gasteiger partial charge in [-0.2, -0.15) is 0 Å². The number of carboxylic acid groups (broad SMARTS) is 1. The van der Waals surface area contributed by atoms with E-state index in [1.54, 1.807) is 0 Å². The van der Waals surface area contributed by atoms with E-state index in [9.17, 15) is 9.90 Å². The van der Waals surface area contributed by atoms with Gasteiger partial charge in [0.2, 0.25) is 0 Å². The first-order valence-electron chi connectivity index (χ1n) is 11.3. The molecule has 0 saturated carbocycles. The van der Waals surface area contributed by atoms with Crippen molar-refractivity contribution >= 4 is 29.2 Å².